The van der Waals surface area contributed by atoms with E-state index < -0.39 is 10.1 Å². The summed E-state index contributed by atoms with van der Waals surface area (Å²) in [5.41, 5.74) is 0. The predicted molar refractivity (Wildman–Crippen MR) is 132 cm³/mol. The molecular formula is C24H40O12S. The second kappa shape index (κ2) is 23.4. The summed E-state index contributed by atoms with van der Waals surface area (Å²) in [7, 11) is -3.75. The summed E-state index contributed by atoms with van der Waals surface area (Å²) in [5, 5.41) is 0. The summed E-state index contributed by atoms with van der Waals surface area (Å²) in [4.78, 5) is 10.7. The Morgan fingerprint density at radius 1 is 0.541 bits per heavy atom. The maximum absolute atomic E-state index is 11.9. The van der Waals surface area contributed by atoms with E-state index in [1.807, 2.05) is 0 Å². The molecule has 1 aromatic rings. The van der Waals surface area contributed by atoms with Crippen molar-refractivity contribution in [3.8, 4) is 0 Å². The Bertz CT molecular complexity index is 760. The molecule has 0 saturated carbocycles. The molecule has 0 heterocycles. The van der Waals surface area contributed by atoms with Gasteiger partial charge in [-0.1, -0.05) is 18.2 Å². The molecule has 13 heteroatoms. The van der Waals surface area contributed by atoms with Gasteiger partial charge in [0, 0.05) is 6.92 Å². The van der Waals surface area contributed by atoms with Gasteiger partial charge in [-0.15, -0.1) is 0 Å². The van der Waals surface area contributed by atoms with Crippen LogP contribution in [-0.2, 0) is 57.0 Å². The first kappa shape index (κ1) is 33.3. The maximum atomic E-state index is 11.9. The van der Waals surface area contributed by atoms with E-state index in [2.05, 4.69) is 0 Å². The first-order chi connectivity index (χ1) is 18.0. The molecule has 0 fully saturated rings. The Balaban J connectivity index is 1.72. The van der Waals surface area contributed by atoms with Crippen LogP contribution in [0.2, 0.25) is 0 Å². The second-order valence-corrected chi connectivity index (χ2v) is 8.83. The van der Waals surface area contributed by atoms with E-state index in [0.717, 1.165) is 0 Å². The van der Waals surface area contributed by atoms with Gasteiger partial charge in [-0.05, 0) is 12.1 Å². The summed E-state index contributed by atoms with van der Waals surface area (Å²) in [6.07, 6.45) is 0. The molecule has 0 amide bonds. The van der Waals surface area contributed by atoms with Crippen molar-refractivity contribution in [2.24, 2.45) is 0 Å². The Morgan fingerprint density at radius 3 is 1.22 bits per heavy atom. The van der Waals surface area contributed by atoms with Crippen LogP contribution in [0, 0.1) is 0 Å². The minimum absolute atomic E-state index is 0.0597. The van der Waals surface area contributed by atoms with Crippen molar-refractivity contribution in [1.29, 1.82) is 0 Å². The third kappa shape index (κ3) is 21.0. The topological polar surface area (TPSA) is 134 Å². The number of rotatable bonds is 26. The number of hydrogen-bond acceptors (Lipinski definition) is 12. The fourth-order valence-electron chi connectivity index (χ4n) is 2.52. The van der Waals surface area contributed by atoms with Crippen molar-refractivity contribution < 1.29 is 55.3 Å². The Morgan fingerprint density at radius 2 is 0.865 bits per heavy atom. The second-order valence-electron chi connectivity index (χ2n) is 7.22. The lowest BCUT2D eigenvalue weighted by Crippen LogP contribution is -2.15. The zero-order valence-electron chi connectivity index (χ0n) is 21.5. The summed E-state index contributed by atoms with van der Waals surface area (Å²) in [6.45, 7) is 7.25. The smallest absolute Gasteiger partial charge is 0.302 e. The number of hydrogen-bond donors (Lipinski definition) is 0. The molecule has 0 unspecified atom stereocenters. The van der Waals surface area contributed by atoms with E-state index in [9.17, 15) is 13.2 Å². The van der Waals surface area contributed by atoms with E-state index in [-0.39, 0.29) is 30.7 Å². The normalized spacial score (nSPS) is 11.6. The molecule has 0 aliphatic carbocycles. The molecule has 0 atom stereocenters. The number of ether oxygens (including phenoxy) is 8. The number of benzene rings is 1. The molecule has 1 rings (SSSR count). The van der Waals surface area contributed by atoms with Crippen LogP contribution in [0.4, 0.5) is 0 Å². The van der Waals surface area contributed by atoms with Gasteiger partial charge in [-0.3, -0.25) is 8.98 Å². The van der Waals surface area contributed by atoms with Crippen LogP contribution in [-0.4, -0.2) is 120 Å². The highest BCUT2D eigenvalue weighted by molar-refractivity contribution is 7.86. The van der Waals surface area contributed by atoms with Crippen molar-refractivity contribution >= 4 is 16.1 Å². The van der Waals surface area contributed by atoms with E-state index in [1.54, 1.807) is 18.2 Å². The van der Waals surface area contributed by atoms with E-state index >= 15 is 0 Å². The highest BCUT2D eigenvalue weighted by Gasteiger charge is 2.13. The lowest BCUT2D eigenvalue weighted by atomic mass is 10.4. The van der Waals surface area contributed by atoms with Crippen LogP contribution < -0.4 is 0 Å². The minimum Gasteiger partial charge on any atom is -0.463 e. The van der Waals surface area contributed by atoms with Crippen LogP contribution in [0.3, 0.4) is 0 Å². The van der Waals surface area contributed by atoms with Gasteiger partial charge in [0.1, 0.15) is 6.61 Å². The average molecular weight is 553 g/mol. The number of carbonyl (C=O) groups is 1. The summed E-state index contributed by atoms with van der Waals surface area (Å²) >= 11 is 0. The van der Waals surface area contributed by atoms with Crippen molar-refractivity contribution in [2.45, 2.75) is 11.8 Å². The quantitative estimate of drug-likeness (QED) is 0.0924. The highest BCUT2D eigenvalue weighted by Crippen LogP contribution is 2.10. The van der Waals surface area contributed by atoms with Crippen LogP contribution >= 0.6 is 0 Å². The van der Waals surface area contributed by atoms with Crippen molar-refractivity contribution in [2.75, 3.05) is 106 Å². The standard InChI is InChI=1S/C24H40O12S/c1-23(25)35-21-19-33-17-15-31-13-11-29-9-7-28-8-10-30-12-14-32-16-18-34-20-22-36-37(26,27)24-5-3-2-4-6-24/h2-6H,7-22H2,1H3. The monoisotopic (exact) mass is 552 g/mol. The third-order valence-electron chi connectivity index (χ3n) is 4.26. The van der Waals surface area contributed by atoms with E-state index in [4.69, 9.17) is 42.1 Å². The Labute approximate surface area is 219 Å². The van der Waals surface area contributed by atoms with Crippen LogP contribution in [0.25, 0.3) is 0 Å². The van der Waals surface area contributed by atoms with Gasteiger partial charge in [0.25, 0.3) is 10.1 Å². The molecule has 0 N–H and O–H groups in total. The molecule has 0 aliphatic rings. The molecule has 0 spiro atoms. The van der Waals surface area contributed by atoms with Gasteiger partial charge in [0.15, 0.2) is 0 Å². The molecule has 1 aromatic carbocycles. The molecule has 0 bridgehead atoms. The lowest BCUT2D eigenvalue weighted by Gasteiger charge is -2.09. The zero-order chi connectivity index (χ0) is 26.9. The largest absolute Gasteiger partial charge is 0.463 e. The third-order valence-corrected chi connectivity index (χ3v) is 5.59. The van der Waals surface area contributed by atoms with Gasteiger partial charge in [0.05, 0.1) is 104 Å². The zero-order valence-corrected chi connectivity index (χ0v) is 22.3. The molecule has 0 radical (unpaired) electrons. The van der Waals surface area contributed by atoms with Gasteiger partial charge in [0.2, 0.25) is 0 Å². The molecule has 37 heavy (non-hydrogen) atoms. The summed E-state index contributed by atoms with van der Waals surface area (Å²) in [6, 6.07) is 7.96. The molecular weight excluding hydrogens is 512 g/mol. The SMILES string of the molecule is CC(=O)OCCOCCOCCOCCOCCOCCOCCOCCOS(=O)(=O)c1ccccc1. The first-order valence-electron chi connectivity index (χ1n) is 12.1. The predicted octanol–water partition coefficient (Wildman–Crippen LogP) is 1.07. The molecule has 12 nitrogen and oxygen atoms in total. The van der Waals surface area contributed by atoms with Crippen LogP contribution in [0.1, 0.15) is 6.92 Å². The fourth-order valence-corrected chi connectivity index (χ4v) is 3.44. The molecule has 0 saturated heterocycles. The van der Waals surface area contributed by atoms with E-state index in [1.165, 1.54) is 19.1 Å². The van der Waals surface area contributed by atoms with Crippen LogP contribution in [0.15, 0.2) is 35.2 Å². The molecule has 214 valence electrons. The molecule has 0 aromatic heterocycles. The number of carbonyl (C=O) groups excluding carboxylic acids is 1. The highest BCUT2D eigenvalue weighted by atomic mass is 32.2. The summed E-state index contributed by atoms with van der Waals surface area (Å²) < 4.78 is 70.9. The number of esters is 1. The van der Waals surface area contributed by atoms with Gasteiger partial charge >= 0.3 is 5.97 Å². The minimum atomic E-state index is -3.75. The van der Waals surface area contributed by atoms with Crippen molar-refractivity contribution in [1.82, 2.24) is 0 Å². The maximum Gasteiger partial charge on any atom is 0.302 e. The lowest BCUT2D eigenvalue weighted by molar-refractivity contribution is -0.142. The molecule has 0 aliphatic heterocycles. The summed E-state index contributed by atoms with van der Waals surface area (Å²) in [5.74, 6) is -0.320. The van der Waals surface area contributed by atoms with Crippen LogP contribution in [0.5, 0.6) is 0 Å². The van der Waals surface area contributed by atoms with Crippen molar-refractivity contribution in [3.63, 3.8) is 0 Å². The average Bonchev–Trinajstić information content (AvgIpc) is 2.89. The van der Waals surface area contributed by atoms with Crippen molar-refractivity contribution in [3.05, 3.63) is 30.3 Å². The van der Waals surface area contributed by atoms with Gasteiger partial charge < -0.3 is 37.9 Å². The van der Waals surface area contributed by atoms with Gasteiger partial charge in [-0.25, -0.2) is 0 Å². The Hall–Kier alpha value is -1.68. The fraction of sp³-hybridized carbons (Fsp3) is 0.708. The Kier molecular flexibility index (Phi) is 21.1. The van der Waals surface area contributed by atoms with Gasteiger partial charge in [-0.2, -0.15) is 8.42 Å². The van der Waals surface area contributed by atoms with E-state index in [0.29, 0.717) is 85.9 Å². The first-order valence-corrected chi connectivity index (χ1v) is 13.6.